The van der Waals surface area contributed by atoms with Gasteiger partial charge in [-0.3, -0.25) is 10.1 Å². The van der Waals surface area contributed by atoms with Crippen molar-refractivity contribution in [1.82, 2.24) is 0 Å². The van der Waals surface area contributed by atoms with Crippen LogP contribution in [0.4, 0.5) is 5.69 Å². The number of nitrogens with zero attached hydrogens (tertiary/aromatic N) is 1. The summed E-state index contributed by atoms with van der Waals surface area (Å²) in [7, 11) is 0. The second-order valence-corrected chi connectivity index (χ2v) is 2.18. The van der Waals surface area contributed by atoms with E-state index in [1.165, 1.54) is 25.1 Å². The molecule has 0 unspecified atom stereocenters. The van der Waals surface area contributed by atoms with Crippen molar-refractivity contribution in [1.29, 1.82) is 0 Å². The SMILES string of the molecule is Cc1c(O)cccc1[N+](=O)[O-].[Ag]. The van der Waals surface area contributed by atoms with Crippen LogP contribution in [0.3, 0.4) is 0 Å². The van der Waals surface area contributed by atoms with Gasteiger partial charge in [0.2, 0.25) is 0 Å². The van der Waals surface area contributed by atoms with Crippen molar-refractivity contribution < 1.29 is 32.4 Å². The molecule has 0 aromatic heterocycles. The number of hydrogen-bond acceptors (Lipinski definition) is 3. The second kappa shape index (κ2) is 4.25. The molecule has 5 heteroatoms. The molecular weight excluding hydrogens is 254 g/mol. The maximum absolute atomic E-state index is 10.3. The minimum atomic E-state index is -0.519. The van der Waals surface area contributed by atoms with Gasteiger partial charge in [0.15, 0.2) is 0 Å². The summed E-state index contributed by atoms with van der Waals surface area (Å²) < 4.78 is 0. The minimum Gasteiger partial charge on any atom is -0.507 e. The molecule has 0 aliphatic heterocycles. The molecule has 69 valence electrons. The van der Waals surface area contributed by atoms with Gasteiger partial charge in [0, 0.05) is 28.4 Å². The number of aromatic hydroxyl groups is 1. The first-order chi connectivity index (χ1) is 5.13. The van der Waals surface area contributed by atoms with E-state index in [1.807, 2.05) is 0 Å². The van der Waals surface area contributed by atoms with Crippen molar-refractivity contribution in [2.24, 2.45) is 0 Å². The average molecular weight is 261 g/mol. The average Bonchev–Trinajstić information content (AvgIpc) is 1.94. The van der Waals surface area contributed by atoms with Gasteiger partial charge in [-0.1, -0.05) is 6.07 Å². The maximum Gasteiger partial charge on any atom is 0.275 e. The minimum absolute atomic E-state index is 0. The Morgan fingerprint density at radius 1 is 1.50 bits per heavy atom. The standard InChI is InChI=1S/C7H7NO3.Ag/c1-5-6(8(10)11)3-2-4-7(5)9;/h2-4,9H,1H3;. The third kappa shape index (κ3) is 2.07. The Kier molecular flexibility index (Phi) is 3.95. The maximum atomic E-state index is 10.3. The molecule has 4 nitrogen and oxygen atoms in total. The number of hydrogen-bond donors (Lipinski definition) is 1. The first-order valence-electron chi connectivity index (χ1n) is 3.06. The summed E-state index contributed by atoms with van der Waals surface area (Å²) in [6.07, 6.45) is 0. The molecule has 1 aromatic carbocycles. The number of nitro groups is 1. The Morgan fingerprint density at radius 3 is 2.50 bits per heavy atom. The molecule has 0 saturated carbocycles. The fourth-order valence-corrected chi connectivity index (χ4v) is 0.809. The third-order valence-electron chi connectivity index (χ3n) is 1.47. The summed E-state index contributed by atoms with van der Waals surface area (Å²) in [6, 6.07) is 4.22. The van der Waals surface area contributed by atoms with E-state index >= 15 is 0 Å². The molecule has 0 bridgehead atoms. The quantitative estimate of drug-likeness (QED) is 0.474. The molecular formula is C7H7AgNO3. The summed E-state index contributed by atoms with van der Waals surface area (Å²) in [5, 5.41) is 19.3. The Balaban J connectivity index is 0.00000121. The molecule has 1 rings (SSSR count). The van der Waals surface area contributed by atoms with Gasteiger partial charge >= 0.3 is 0 Å². The molecule has 0 amide bonds. The van der Waals surface area contributed by atoms with Crippen LogP contribution in [0, 0.1) is 17.0 Å². The van der Waals surface area contributed by atoms with Crippen LogP contribution in [0.5, 0.6) is 5.75 Å². The molecule has 1 N–H and O–H groups in total. The van der Waals surface area contributed by atoms with E-state index in [4.69, 9.17) is 5.11 Å². The number of nitro benzene ring substituents is 1. The Morgan fingerprint density at radius 2 is 2.08 bits per heavy atom. The zero-order chi connectivity index (χ0) is 8.43. The summed E-state index contributed by atoms with van der Waals surface area (Å²) in [5.41, 5.74) is 0.252. The first-order valence-corrected chi connectivity index (χ1v) is 3.06. The molecule has 1 aromatic rings. The van der Waals surface area contributed by atoms with Crippen molar-refractivity contribution in [3.63, 3.8) is 0 Å². The Bertz CT molecular complexity index is 301. The third-order valence-corrected chi connectivity index (χ3v) is 1.47. The van der Waals surface area contributed by atoms with Gasteiger partial charge in [-0.25, -0.2) is 0 Å². The van der Waals surface area contributed by atoms with Crippen molar-refractivity contribution in [2.75, 3.05) is 0 Å². The number of phenolic OH excluding ortho intramolecular Hbond substituents is 1. The van der Waals surface area contributed by atoms with Crippen molar-refractivity contribution in [3.8, 4) is 5.75 Å². The molecule has 0 spiro atoms. The van der Waals surface area contributed by atoms with Gasteiger partial charge in [0.05, 0.1) is 10.5 Å². The predicted molar refractivity (Wildman–Crippen MR) is 39.5 cm³/mol. The van der Waals surface area contributed by atoms with Gasteiger partial charge < -0.3 is 5.11 Å². The zero-order valence-electron chi connectivity index (χ0n) is 6.24. The molecule has 12 heavy (non-hydrogen) atoms. The van der Waals surface area contributed by atoms with Crippen LogP contribution < -0.4 is 0 Å². The second-order valence-electron chi connectivity index (χ2n) is 2.18. The van der Waals surface area contributed by atoms with Crippen LogP contribution in [0.1, 0.15) is 5.56 Å². The van der Waals surface area contributed by atoms with Gasteiger partial charge in [0.25, 0.3) is 5.69 Å². The van der Waals surface area contributed by atoms with Crippen LogP contribution in [-0.4, -0.2) is 10.0 Å². The molecule has 0 aliphatic carbocycles. The van der Waals surface area contributed by atoms with E-state index in [0.29, 0.717) is 5.56 Å². The van der Waals surface area contributed by atoms with Crippen molar-refractivity contribution in [3.05, 3.63) is 33.9 Å². The van der Waals surface area contributed by atoms with Gasteiger partial charge in [-0.15, -0.1) is 0 Å². The summed E-state index contributed by atoms with van der Waals surface area (Å²) >= 11 is 0. The van der Waals surface area contributed by atoms with E-state index < -0.39 is 4.92 Å². The monoisotopic (exact) mass is 260 g/mol. The van der Waals surface area contributed by atoms with Gasteiger partial charge in [-0.05, 0) is 13.0 Å². The van der Waals surface area contributed by atoms with Crippen LogP contribution in [0.2, 0.25) is 0 Å². The zero-order valence-corrected chi connectivity index (χ0v) is 7.73. The topological polar surface area (TPSA) is 63.4 Å². The van der Waals surface area contributed by atoms with Crippen LogP contribution in [0.15, 0.2) is 18.2 Å². The van der Waals surface area contributed by atoms with Crippen molar-refractivity contribution >= 4 is 5.69 Å². The summed E-state index contributed by atoms with van der Waals surface area (Å²) in [6.45, 7) is 1.51. The smallest absolute Gasteiger partial charge is 0.275 e. The van der Waals surface area contributed by atoms with E-state index in [2.05, 4.69) is 0 Å². The Hall–Kier alpha value is -0.840. The molecule has 1 radical (unpaired) electrons. The fraction of sp³-hybridized carbons (Fsp3) is 0.143. The van der Waals surface area contributed by atoms with Crippen LogP contribution >= 0.6 is 0 Å². The first kappa shape index (κ1) is 11.2. The molecule has 0 heterocycles. The normalized spacial score (nSPS) is 8.75. The molecule has 0 saturated heterocycles. The van der Waals surface area contributed by atoms with E-state index in [-0.39, 0.29) is 33.8 Å². The van der Waals surface area contributed by atoms with E-state index in [1.54, 1.807) is 0 Å². The largest absolute Gasteiger partial charge is 0.507 e. The fourth-order valence-electron chi connectivity index (χ4n) is 0.809. The van der Waals surface area contributed by atoms with Gasteiger partial charge in [-0.2, -0.15) is 0 Å². The summed E-state index contributed by atoms with van der Waals surface area (Å²) in [4.78, 5) is 9.75. The van der Waals surface area contributed by atoms with Crippen LogP contribution in [0.25, 0.3) is 0 Å². The van der Waals surface area contributed by atoms with E-state index in [9.17, 15) is 10.1 Å². The molecule has 0 fully saturated rings. The molecule has 0 atom stereocenters. The summed E-state index contributed by atoms with van der Waals surface area (Å²) in [5.74, 6) is -0.0424. The van der Waals surface area contributed by atoms with Crippen molar-refractivity contribution in [2.45, 2.75) is 6.92 Å². The molecule has 0 aliphatic rings. The van der Waals surface area contributed by atoms with Gasteiger partial charge in [0.1, 0.15) is 5.75 Å². The van der Waals surface area contributed by atoms with Crippen LogP contribution in [-0.2, 0) is 22.4 Å². The Labute approximate surface area is 84.9 Å². The number of benzene rings is 1. The van der Waals surface area contributed by atoms with E-state index in [0.717, 1.165) is 0 Å². The predicted octanol–water partition coefficient (Wildman–Crippen LogP) is 1.61. The number of rotatable bonds is 1. The number of phenols is 1.